The maximum Gasteiger partial charge on any atom is 0.254 e. The molecule has 2 rings (SSSR count). The van der Waals surface area contributed by atoms with Crippen LogP contribution in [0.4, 0.5) is 10.1 Å². The average Bonchev–Trinajstić information content (AvgIpc) is 2.51. The topological polar surface area (TPSA) is 58.2 Å². The van der Waals surface area contributed by atoms with Crippen molar-refractivity contribution in [3.63, 3.8) is 0 Å². The van der Waals surface area contributed by atoms with Gasteiger partial charge in [0.2, 0.25) is 5.91 Å². The van der Waals surface area contributed by atoms with Gasteiger partial charge in [0, 0.05) is 5.69 Å². The van der Waals surface area contributed by atoms with E-state index in [4.69, 9.17) is 0 Å². The van der Waals surface area contributed by atoms with E-state index in [0.717, 1.165) is 11.1 Å². The van der Waals surface area contributed by atoms with Gasteiger partial charge in [0.15, 0.2) is 0 Å². The fraction of sp³-hybridized carbons (Fsp3) is 0.300. The minimum Gasteiger partial charge on any atom is -0.340 e. The molecule has 0 bridgehead atoms. The molecule has 0 aliphatic rings. The highest BCUT2D eigenvalue weighted by Crippen LogP contribution is 2.16. The molecule has 5 heteroatoms. The summed E-state index contributed by atoms with van der Waals surface area (Å²) in [6, 6.07) is 10.7. The van der Waals surface area contributed by atoms with Gasteiger partial charge in [0.05, 0.1) is 5.56 Å². The number of rotatable bonds is 5. The summed E-state index contributed by atoms with van der Waals surface area (Å²) in [7, 11) is 0. The number of aryl methyl sites for hydroxylation is 2. The molecule has 4 nitrogen and oxygen atoms in total. The van der Waals surface area contributed by atoms with Gasteiger partial charge in [-0.2, -0.15) is 0 Å². The molecular weight excluding hydrogens is 319 g/mol. The van der Waals surface area contributed by atoms with Crippen LogP contribution in [-0.2, 0) is 4.79 Å². The summed E-state index contributed by atoms with van der Waals surface area (Å²) in [6.45, 7) is 7.55. The van der Waals surface area contributed by atoms with Gasteiger partial charge in [-0.15, -0.1) is 0 Å². The SMILES string of the molecule is Cc1cc(C)cc(NC(=O)[C@H](NC(=O)c2ccccc2F)C(C)C)c1. The Morgan fingerprint density at radius 1 is 1.00 bits per heavy atom. The van der Waals surface area contributed by atoms with E-state index in [2.05, 4.69) is 10.6 Å². The molecule has 2 amide bonds. The van der Waals surface area contributed by atoms with E-state index >= 15 is 0 Å². The molecule has 0 spiro atoms. The van der Waals surface area contributed by atoms with Gasteiger partial charge in [-0.3, -0.25) is 9.59 Å². The van der Waals surface area contributed by atoms with E-state index in [1.165, 1.54) is 18.2 Å². The number of anilines is 1. The first-order chi connectivity index (χ1) is 11.8. The van der Waals surface area contributed by atoms with Crippen LogP contribution in [0, 0.1) is 25.6 Å². The molecule has 0 aromatic heterocycles. The number of amides is 2. The third kappa shape index (κ3) is 4.89. The molecule has 0 heterocycles. The maximum atomic E-state index is 13.8. The van der Waals surface area contributed by atoms with Crippen LogP contribution in [-0.4, -0.2) is 17.9 Å². The fourth-order valence-electron chi connectivity index (χ4n) is 2.67. The van der Waals surface area contributed by atoms with Crippen molar-refractivity contribution in [2.75, 3.05) is 5.32 Å². The molecule has 2 aromatic carbocycles. The van der Waals surface area contributed by atoms with Gasteiger partial charge in [-0.05, 0) is 55.2 Å². The predicted octanol–water partition coefficient (Wildman–Crippen LogP) is 3.84. The molecule has 0 aliphatic carbocycles. The van der Waals surface area contributed by atoms with Gasteiger partial charge in [-0.1, -0.05) is 32.0 Å². The molecule has 0 unspecified atom stereocenters. The van der Waals surface area contributed by atoms with Crippen molar-refractivity contribution >= 4 is 17.5 Å². The highest BCUT2D eigenvalue weighted by atomic mass is 19.1. The first-order valence-electron chi connectivity index (χ1n) is 8.22. The van der Waals surface area contributed by atoms with E-state index in [1.807, 2.05) is 45.9 Å². The minimum atomic E-state index is -0.770. The second kappa shape index (κ2) is 7.92. The molecule has 0 fully saturated rings. The highest BCUT2D eigenvalue weighted by molar-refractivity contribution is 6.01. The first kappa shape index (κ1) is 18.6. The summed E-state index contributed by atoms with van der Waals surface area (Å²) in [5.74, 6) is -1.70. The van der Waals surface area contributed by atoms with Gasteiger partial charge in [-0.25, -0.2) is 4.39 Å². The van der Waals surface area contributed by atoms with E-state index in [0.29, 0.717) is 5.69 Å². The van der Waals surface area contributed by atoms with Crippen molar-refractivity contribution in [1.29, 1.82) is 0 Å². The third-order valence-electron chi connectivity index (χ3n) is 3.84. The van der Waals surface area contributed by atoms with Crippen LogP contribution in [0.15, 0.2) is 42.5 Å². The summed E-state index contributed by atoms with van der Waals surface area (Å²) >= 11 is 0. The van der Waals surface area contributed by atoms with Gasteiger partial charge < -0.3 is 10.6 Å². The minimum absolute atomic E-state index is 0.0765. The maximum absolute atomic E-state index is 13.8. The summed E-state index contributed by atoms with van der Waals surface area (Å²) in [6.07, 6.45) is 0. The fourth-order valence-corrected chi connectivity index (χ4v) is 2.67. The Balaban J connectivity index is 2.15. The van der Waals surface area contributed by atoms with Gasteiger partial charge in [0.1, 0.15) is 11.9 Å². The molecular formula is C20H23FN2O2. The molecule has 2 aromatic rings. The Morgan fingerprint density at radius 3 is 2.16 bits per heavy atom. The molecule has 0 saturated heterocycles. The summed E-state index contributed by atoms with van der Waals surface area (Å²) in [5, 5.41) is 5.46. The Labute approximate surface area is 147 Å². The molecule has 2 N–H and O–H groups in total. The molecule has 25 heavy (non-hydrogen) atoms. The predicted molar refractivity (Wildman–Crippen MR) is 97.0 cm³/mol. The zero-order chi connectivity index (χ0) is 18.6. The van der Waals surface area contributed by atoms with Crippen molar-refractivity contribution in [3.8, 4) is 0 Å². The van der Waals surface area contributed by atoms with Crippen LogP contribution >= 0.6 is 0 Å². The molecule has 0 saturated carbocycles. The monoisotopic (exact) mass is 342 g/mol. The lowest BCUT2D eigenvalue weighted by atomic mass is 10.0. The number of hydrogen-bond donors (Lipinski definition) is 2. The lowest BCUT2D eigenvalue weighted by Gasteiger charge is -2.22. The van der Waals surface area contributed by atoms with Crippen molar-refractivity contribution in [1.82, 2.24) is 5.32 Å². The van der Waals surface area contributed by atoms with Crippen LogP contribution < -0.4 is 10.6 Å². The zero-order valence-corrected chi connectivity index (χ0v) is 14.9. The largest absolute Gasteiger partial charge is 0.340 e. The van der Waals surface area contributed by atoms with Crippen LogP contribution in [0.3, 0.4) is 0 Å². The lowest BCUT2D eigenvalue weighted by Crippen LogP contribution is -2.47. The summed E-state index contributed by atoms with van der Waals surface area (Å²) in [4.78, 5) is 24.9. The Bertz CT molecular complexity index is 767. The molecule has 1 atom stereocenters. The zero-order valence-electron chi connectivity index (χ0n) is 14.9. The Hall–Kier alpha value is -2.69. The average molecular weight is 342 g/mol. The van der Waals surface area contributed by atoms with Crippen LogP contribution in [0.2, 0.25) is 0 Å². The molecule has 0 aliphatic heterocycles. The second-order valence-electron chi connectivity index (χ2n) is 6.54. The van der Waals surface area contributed by atoms with Crippen molar-refractivity contribution < 1.29 is 14.0 Å². The summed E-state index contributed by atoms with van der Waals surface area (Å²) in [5.41, 5.74) is 2.67. The first-order valence-corrected chi connectivity index (χ1v) is 8.22. The van der Waals surface area contributed by atoms with Crippen molar-refractivity contribution in [3.05, 3.63) is 65.0 Å². The van der Waals surface area contributed by atoms with Gasteiger partial charge >= 0.3 is 0 Å². The van der Waals surface area contributed by atoms with E-state index in [1.54, 1.807) is 6.07 Å². The number of halogens is 1. The Kier molecular flexibility index (Phi) is 5.91. The van der Waals surface area contributed by atoms with E-state index in [9.17, 15) is 14.0 Å². The van der Waals surface area contributed by atoms with Gasteiger partial charge in [0.25, 0.3) is 5.91 Å². The van der Waals surface area contributed by atoms with Crippen LogP contribution in [0.25, 0.3) is 0 Å². The molecule has 132 valence electrons. The van der Waals surface area contributed by atoms with Crippen LogP contribution in [0.5, 0.6) is 0 Å². The summed E-state index contributed by atoms with van der Waals surface area (Å²) < 4.78 is 13.8. The Morgan fingerprint density at radius 2 is 1.60 bits per heavy atom. The second-order valence-corrected chi connectivity index (χ2v) is 6.54. The van der Waals surface area contributed by atoms with Crippen molar-refractivity contribution in [2.45, 2.75) is 33.7 Å². The number of carbonyl (C=O) groups excluding carboxylic acids is 2. The smallest absolute Gasteiger partial charge is 0.254 e. The number of hydrogen-bond acceptors (Lipinski definition) is 2. The van der Waals surface area contributed by atoms with E-state index < -0.39 is 17.8 Å². The molecule has 0 radical (unpaired) electrons. The van der Waals surface area contributed by atoms with Crippen LogP contribution in [0.1, 0.15) is 35.3 Å². The number of benzene rings is 2. The standard InChI is InChI=1S/C20H23FN2O2/c1-12(2)18(23-19(24)16-7-5-6-8-17(16)21)20(25)22-15-10-13(3)9-14(4)11-15/h5-12,18H,1-4H3,(H,22,25)(H,23,24)/t18-/m1/s1. The third-order valence-corrected chi connectivity index (χ3v) is 3.84. The quantitative estimate of drug-likeness (QED) is 0.867. The van der Waals surface area contributed by atoms with Crippen molar-refractivity contribution in [2.24, 2.45) is 5.92 Å². The highest BCUT2D eigenvalue weighted by Gasteiger charge is 2.25. The normalized spacial score (nSPS) is 11.9. The number of nitrogens with one attached hydrogen (secondary N) is 2. The lowest BCUT2D eigenvalue weighted by molar-refractivity contribution is -0.118. The number of carbonyl (C=O) groups is 2. The van der Waals surface area contributed by atoms with E-state index in [-0.39, 0.29) is 17.4 Å².